The molecule has 0 fully saturated rings. The number of aliphatic hydroxyl groups is 1. The Bertz CT molecular complexity index is 452. The van der Waals surface area contributed by atoms with E-state index in [0.29, 0.717) is 19.4 Å². The molecule has 0 unspecified atom stereocenters. The fourth-order valence-electron chi connectivity index (χ4n) is 4.63. The Hall–Kier alpha value is -1.10. The summed E-state index contributed by atoms with van der Waals surface area (Å²) in [6.07, 6.45) is 33.3. The molecule has 0 spiro atoms. The molecule has 0 heterocycles. The Labute approximate surface area is 230 Å². The Balaban J connectivity index is 0. The first kappa shape index (κ1) is 38.0. The first-order valence-electron chi connectivity index (χ1n) is 16.1. The molecule has 0 saturated carbocycles. The van der Waals surface area contributed by atoms with E-state index >= 15 is 0 Å². The van der Waals surface area contributed by atoms with Crippen molar-refractivity contribution in [3.8, 4) is 0 Å². The van der Waals surface area contributed by atoms with Crippen LogP contribution in [0, 0.1) is 0 Å². The van der Waals surface area contributed by atoms with Gasteiger partial charge in [-0.15, -0.1) is 0 Å². The highest BCUT2D eigenvalue weighted by atomic mass is 16.4. The van der Waals surface area contributed by atoms with Gasteiger partial charge in [-0.2, -0.15) is 0 Å². The molecule has 0 amide bonds. The quantitative estimate of drug-likeness (QED) is 0.0839. The average molecular weight is 529 g/mol. The zero-order valence-corrected chi connectivity index (χ0v) is 24.7. The van der Waals surface area contributed by atoms with Crippen LogP contribution in [0.5, 0.6) is 0 Å². The second kappa shape index (κ2) is 34.9. The monoisotopic (exact) mass is 528 g/mol. The molecular weight excluding hydrogens is 464 g/mol. The molecule has 0 saturated heterocycles. The van der Waals surface area contributed by atoms with Gasteiger partial charge in [0.1, 0.15) is 0 Å². The predicted molar refractivity (Wildman–Crippen MR) is 157 cm³/mol. The lowest BCUT2D eigenvalue weighted by Crippen LogP contribution is -1.93. The van der Waals surface area contributed by atoms with Crippen LogP contribution in [0.2, 0.25) is 0 Å². The number of aliphatic carboxylic acids is 2. The van der Waals surface area contributed by atoms with Crippen molar-refractivity contribution < 1.29 is 24.9 Å². The molecule has 0 aliphatic carbocycles. The Kier molecular flexibility index (Phi) is 35.9. The van der Waals surface area contributed by atoms with Crippen LogP contribution in [0.4, 0.5) is 0 Å². The van der Waals surface area contributed by atoms with Crippen molar-refractivity contribution in [1.82, 2.24) is 0 Å². The van der Waals surface area contributed by atoms with Crippen LogP contribution >= 0.6 is 0 Å². The largest absolute Gasteiger partial charge is 0.481 e. The molecule has 0 bridgehead atoms. The van der Waals surface area contributed by atoms with Gasteiger partial charge >= 0.3 is 11.9 Å². The molecule has 0 rings (SSSR count). The Morgan fingerprint density at radius 1 is 0.378 bits per heavy atom. The molecule has 0 radical (unpaired) electrons. The lowest BCUT2D eigenvalue weighted by atomic mass is 10.0. The molecule has 0 atom stereocenters. The number of carbonyl (C=O) groups is 2. The third kappa shape index (κ3) is 42.3. The first-order chi connectivity index (χ1) is 18.0. The maximum atomic E-state index is 10.3. The SMILES string of the molecule is CCCCCCCCCCCCCCCC(=O)O.O=C(O)CCCCCCCCCCCCCCCO. The summed E-state index contributed by atoms with van der Waals surface area (Å²) >= 11 is 0. The molecule has 0 aromatic carbocycles. The minimum Gasteiger partial charge on any atom is -0.481 e. The van der Waals surface area contributed by atoms with Crippen LogP contribution < -0.4 is 0 Å². The van der Waals surface area contributed by atoms with E-state index in [1.165, 1.54) is 135 Å². The highest BCUT2D eigenvalue weighted by Crippen LogP contribution is 2.14. The van der Waals surface area contributed by atoms with E-state index in [2.05, 4.69) is 6.92 Å². The second-order valence-electron chi connectivity index (χ2n) is 10.8. The Morgan fingerprint density at radius 3 is 0.811 bits per heavy atom. The number of hydrogen-bond donors (Lipinski definition) is 3. The molecule has 37 heavy (non-hydrogen) atoms. The van der Waals surface area contributed by atoms with Crippen molar-refractivity contribution in [2.75, 3.05) is 6.61 Å². The number of unbranched alkanes of at least 4 members (excludes halogenated alkanes) is 24. The summed E-state index contributed by atoms with van der Waals surface area (Å²) in [5.41, 5.74) is 0. The molecule has 0 aromatic heterocycles. The van der Waals surface area contributed by atoms with E-state index in [0.717, 1.165) is 32.1 Å². The maximum absolute atomic E-state index is 10.3. The molecule has 0 aliphatic rings. The first-order valence-corrected chi connectivity index (χ1v) is 16.1. The molecule has 0 aromatic rings. The van der Waals surface area contributed by atoms with Crippen LogP contribution in [0.15, 0.2) is 0 Å². The zero-order chi connectivity index (χ0) is 27.7. The van der Waals surface area contributed by atoms with Crippen LogP contribution in [-0.4, -0.2) is 33.9 Å². The summed E-state index contributed by atoms with van der Waals surface area (Å²) in [5.74, 6) is -1.32. The van der Waals surface area contributed by atoms with Crippen LogP contribution in [-0.2, 0) is 9.59 Å². The molecule has 222 valence electrons. The van der Waals surface area contributed by atoms with Gasteiger partial charge < -0.3 is 15.3 Å². The van der Waals surface area contributed by atoms with E-state index in [1.807, 2.05) is 0 Å². The minimum atomic E-state index is -0.668. The number of carboxylic acid groups (broad SMARTS) is 2. The predicted octanol–water partition coefficient (Wildman–Crippen LogP) is 10.1. The van der Waals surface area contributed by atoms with Gasteiger partial charge in [0.25, 0.3) is 0 Å². The smallest absolute Gasteiger partial charge is 0.303 e. The van der Waals surface area contributed by atoms with E-state index in [1.54, 1.807) is 0 Å². The Morgan fingerprint density at radius 2 is 0.595 bits per heavy atom. The number of aliphatic hydroxyl groups excluding tert-OH is 1. The van der Waals surface area contributed by atoms with Crippen LogP contribution in [0.1, 0.15) is 187 Å². The van der Waals surface area contributed by atoms with Crippen molar-refractivity contribution in [3.05, 3.63) is 0 Å². The van der Waals surface area contributed by atoms with Crippen molar-refractivity contribution in [2.45, 2.75) is 187 Å². The van der Waals surface area contributed by atoms with Crippen molar-refractivity contribution in [3.63, 3.8) is 0 Å². The van der Waals surface area contributed by atoms with Gasteiger partial charge in [-0.1, -0.05) is 155 Å². The van der Waals surface area contributed by atoms with Crippen LogP contribution in [0.3, 0.4) is 0 Å². The van der Waals surface area contributed by atoms with Gasteiger partial charge in [-0.3, -0.25) is 9.59 Å². The van der Waals surface area contributed by atoms with Gasteiger partial charge in [-0.05, 0) is 19.3 Å². The fourth-order valence-corrected chi connectivity index (χ4v) is 4.63. The second-order valence-corrected chi connectivity index (χ2v) is 10.8. The standard InChI is InChI=1S/C16H32O3.C16H32O2/c17-15-13-11-9-7-5-3-1-2-4-6-8-10-12-14-16(18)19;1-2-3-4-5-6-7-8-9-10-11-12-13-14-15-16(17)18/h17H,1-15H2,(H,18,19);2-15H2,1H3,(H,17,18). The summed E-state index contributed by atoms with van der Waals surface area (Å²) in [6.45, 7) is 2.60. The molecule has 3 N–H and O–H groups in total. The molecule has 5 nitrogen and oxygen atoms in total. The summed E-state index contributed by atoms with van der Waals surface area (Å²) in [7, 11) is 0. The molecule has 5 heteroatoms. The summed E-state index contributed by atoms with van der Waals surface area (Å²) < 4.78 is 0. The summed E-state index contributed by atoms with van der Waals surface area (Å²) in [5, 5.41) is 25.6. The average Bonchev–Trinajstić information content (AvgIpc) is 2.87. The van der Waals surface area contributed by atoms with Crippen molar-refractivity contribution >= 4 is 11.9 Å². The summed E-state index contributed by atoms with van der Waals surface area (Å²) in [6, 6.07) is 0. The third-order valence-electron chi connectivity index (χ3n) is 7.04. The topological polar surface area (TPSA) is 94.8 Å². The maximum Gasteiger partial charge on any atom is 0.303 e. The van der Waals surface area contributed by atoms with Gasteiger partial charge in [0, 0.05) is 19.4 Å². The lowest BCUT2D eigenvalue weighted by Gasteiger charge is -2.02. The van der Waals surface area contributed by atoms with E-state index in [9.17, 15) is 9.59 Å². The normalized spacial score (nSPS) is 10.8. The number of hydrogen-bond acceptors (Lipinski definition) is 3. The van der Waals surface area contributed by atoms with Crippen LogP contribution in [0.25, 0.3) is 0 Å². The van der Waals surface area contributed by atoms with Gasteiger partial charge in [0.2, 0.25) is 0 Å². The fraction of sp³-hybridized carbons (Fsp3) is 0.938. The van der Waals surface area contributed by atoms with Gasteiger partial charge in [0.15, 0.2) is 0 Å². The highest BCUT2D eigenvalue weighted by molar-refractivity contribution is 5.66. The third-order valence-corrected chi connectivity index (χ3v) is 7.04. The lowest BCUT2D eigenvalue weighted by molar-refractivity contribution is -0.138. The van der Waals surface area contributed by atoms with Crippen molar-refractivity contribution in [2.24, 2.45) is 0 Å². The van der Waals surface area contributed by atoms with E-state index < -0.39 is 11.9 Å². The number of rotatable bonds is 29. The summed E-state index contributed by atoms with van der Waals surface area (Å²) in [4.78, 5) is 20.6. The molecule has 0 aliphatic heterocycles. The van der Waals surface area contributed by atoms with Crippen molar-refractivity contribution in [1.29, 1.82) is 0 Å². The molecular formula is C32H64O5. The minimum absolute atomic E-state index is 0.330. The highest BCUT2D eigenvalue weighted by Gasteiger charge is 1.98. The zero-order valence-electron chi connectivity index (χ0n) is 24.7. The van der Waals surface area contributed by atoms with Gasteiger partial charge in [-0.25, -0.2) is 0 Å². The van der Waals surface area contributed by atoms with E-state index in [-0.39, 0.29) is 0 Å². The van der Waals surface area contributed by atoms with Gasteiger partial charge in [0.05, 0.1) is 0 Å². The van der Waals surface area contributed by atoms with E-state index in [4.69, 9.17) is 15.3 Å². The number of carboxylic acids is 2.